The first kappa shape index (κ1) is 14.9. The van der Waals surface area contributed by atoms with Gasteiger partial charge in [-0.3, -0.25) is 0 Å². The minimum Gasteiger partial charge on any atom is -0.396 e. The minimum atomic E-state index is 0.287. The van der Waals surface area contributed by atoms with E-state index in [1.54, 1.807) is 0 Å². The monoisotopic (exact) mass is 243 g/mol. The molecule has 0 aromatic rings. The first-order valence-electron chi connectivity index (χ1n) is 7.22. The van der Waals surface area contributed by atoms with Crippen molar-refractivity contribution < 1.29 is 9.84 Å². The summed E-state index contributed by atoms with van der Waals surface area (Å²) in [6.45, 7) is 6.03. The highest BCUT2D eigenvalue weighted by molar-refractivity contribution is 4.81. The summed E-state index contributed by atoms with van der Waals surface area (Å²) in [7, 11) is 0. The molecule has 0 spiro atoms. The third-order valence-electron chi connectivity index (χ3n) is 3.73. The van der Waals surface area contributed by atoms with E-state index in [1.807, 2.05) is 6.92 Å². The van der Waals surface area contributed by atoms with Gasteiger partial charge in [-0.15, -0.1) is 0 Å². The molecule has 0 bridgehead atoms. The Balaban J connectivity index is 2.35. The Morgan fingerprint density at radius 3 is 2.59 bits per heavy atom. The number of rotatable bonds is 8. The lowest BCUT2D eigenvalue weighted by atomic mass is 9.82. The maximum absolute atomic E-state index is 9.19. The Kier molecular flexibility index (Phi) is 7.82. The van der Waals surface area contributed by atoms with Gasteiger partial charge in [-0.05, 0) is 39.0 Å². The zero-order chi connectivity index (χ0) is 12.5. The fourth-order valence-corrected chi connectivity index (χ4v) is 2.84. The third kappa shape index (κ3) is 5.84. The summed E-state index contributed by atoms with van der Waals surface area (Å²) in [5.74, 6) is 0.750. The SMILES string of the molecule is CCOCC(C)NC(CCO)C1CCCCC1. The molecular formula is C14H29NO2. The van der Waals surface area contributed by atoms with Crippen molar-refractivity contribution in [2.24, 2.45) is 5.92 Å². The summed E-state index contributed by atoms with van der Waals surface area (Å²) in [4.78, 5) is 0. The van der Waals surface area contributed by atoms with Gasteiger partial charge in [-0.25, -0.2) is 0 Å². The maximum Gasteiger partial charge on any atom is 0.0616 e. The van der Waals surface area contributed by atoms with Crippen LogP contribution in [0.15, 0.2) is 0 Å². The van der Waals surface area contributed by atoms with Gasteiger partial charge in [0.15, 0.2) is 0 Å². The van der Waals surface area contributed by atoms with Gasteiger partial charge in [0.1, 0.15) is 0 Å². The fourth-order valence-electron chi connectivity index (χ4n) is 2.84. The van der Waals surface area contributed by atoms with Crippen molar-refractivity contribution in [2.45, 2.75) is 64.5 Å². The molecule has 1 aliphatic rings. The Hall–Kier alpha value is -0.120. The molecule has 0 amide bonds. The predicted octanol–water partition coefficient (Wildman–Crippen LogP) is 2.33. The van der Waals surface area contributed by atoms with Crippen molar-refractivity contribution in [1.29, 1.82) is 0 Å². The largest absolute Gasteiger partial charge is 0.396 e. The molecule has 0 radical (unpaired) electrons. The van der Waals surface area contributed by atoms with Crippen LogP contribution in [0.5, 0.6) is 0 Å². The van der Waals surface area contributed by atoms with Crippen molar-refractivity contribution in [2.75, 3.05) is 19.8 Å². The van der Waals surface area contributed by atoms with Crippen LogP contribution in [0.3, 0.4) is 0 Å². The maximum atomic E-state index is 9.19. The van der Waals surface area contributed by atoms with Crippen LogP contribution in [-0.4, -0.2) is 37.0 Å². The molecular weight excluding hydrogens is 214 g/mol. The summed E-state index contributed by atoms with van der Waals surface area (Å²) in [6, 6.07) is 0.851. The first-order chi connectivity index (χ1) is 8.27. The fraction of sp³-hybridized carbons (Fsp3) is 1.00. The molecule has 1 fully saturated rings. The van der Waals surface area contributed by atoms with Crippen LogP contribution in [0.1, 0.15) is 52.4 Å². The van der Waals surface area contributed by atoms with Crippen LogP contribution in [0, 0.1) is 5.92 Å². The summed E-state index contributed by atoms with van der Waals surface area (Å²) >= 11 is 0. The zero-order valence-electron chi connectivity index (χ0n) is 11.5. The van der Waals surface area contributed by atoms with Gasteiger partial charge in [0.05, 0.1) is 6.61 Å². The molecule has 2 atom stereocenters. The highest BCUT2D eigenvalue weighted by Crippen LogP contribution is 2.27. The van der Waals surface area contributed by atoms with Gasteiger partial charge in [0.2, 0.25) is 0 Å². The molecule has 1 aliphatic carbocycles. The molecule has 0 saturated heterocycles. The van der Waals surface area contributed by atoms with Gasteiger partial charge in [0.25, 0.3) is 0 Å². The molecule has 3 nitrogen and oxygen atoms in total. The molecule has 1 rings (SSSR count). The molecule has 3 heteroatoms. The smallest absolute Gasteiger partial charge is 0.0616 e. The van der Waals surface area contributed by atoms with E-state index in [0.29, 0.717) is 12.1 Å². The second-order valence-electron chi connectivity index (χ2n) is 5.24. The second kappa shape index (κ2) is 8.90. The average molecular weight is 243 g/mol. The average Bonchev–Trinajstić information content (AvgIpc) is 2.37. The van der Waals surface area contributed by atoms with Gasteiger partial charge in [0, 0.05) is 25.3 Å². The van der Waals surface area contributed by atoms with E-state index in [9.17, 15) is 5.11 Å². The van der Waals surface area contributed by atoms with Crippen LogP contribution >= 0.6 is 0 Å². The van der Waals surface area contributed by atoms with Crippen molar-refractivity contribution in [1.82, 2.24) is 5.32 Å². The number of aliphatic hydroxyl groups excluding tert-OH is 1. The van der Waals surface area contributed by atoms with Gasteiger partial charge in [-0.1, -0.05) is 19.3 Å². The quantitative estimate of drug-likeness (QED) is 0.687. The lowest BCUT2D eigenvalue weighted by Gasteiger charge is -2.33. The van der Waals surface area contributed by atoms with E-state index < -0.39 is 0 Å². The molecule has 2 unspecified atom stereocenters. The summed E-state index contributed by atoms with van der Waals surface area (Å²) in [5, 5.41) is 12.8. The van der Waals surface area contributed by atoms with Crippen LogP contribution in [-0.2, 0) is 4.74 Å². The van der Waals surface area contributed by atoms with Crippen LogP contribution in [0.4, 0.5) is 0 Å². The molecule has 1 saturated carbocycles. The number of hydrogen-bond acceptors (Lipinski definition) is 3. The molecule has 0 heterocycles. The third-order valence-corrected chi connectivity index (χ3v) is 3.73. The van der Waals surface area contributed by atoms with Crippen molar-refractivity contribution in [3.05, 3.63) is 0 Å². The normalized spacial score (nSPS) is 21.4. The van der Waals surface area contributed by atoms with Crippen LogP contribution in [0.2, 0.25) is 0 Å². The van der Waals surface area contributed by atoms with Crippen molar-refractivity contribution >= 4 is 0 Å². The number of hydrogen-bond donors (Lipinski definition) is 2. The second-order valence-corrected chi connectivity index (χ2v) is 5.24. The Bertz CT molecular complexity index is 181. The molecule has 102 valence electrons. The van der Waals surface area contributed by atoms with Crippen LogP contribution in [0.25, 0.3) is 0 Å². The van der Waals surface area contributed by atoms with Crippen LogP contribution < -0.4 is 5.32 Å². The lowest BCUT2D eigenvalue weighted by molar-refractivity contribution is 0.112. The highest BCUT2D eigenvalue weighted by Gasteiger charge is 2.24. The first-order valence-corrected chi connectivity index (χ1v) is 7.22. The van der Waals surface area contributed by atoms with Crippen molar-refractivity contribution in [3.8, 4) is 0 Å². The highest BCUT2D eigenvalue weighted by atomic mass is 16.5. The molecule has 0 aromatic carbocycles. The van der Waals surface area contributed by atoms with E-state index in [1.165, 1.54) is 32.1 Å². The van der Waals surface area contributed by atoms with Crippen molar-refractivity contribution in [3.63, 3.8) is 0 Å². The lowest BCUT2D eigenvalue weighted by Crippen LogP contribution is -2.44. The predicted molar refractivity (Wildman–Crippen MR) is 71.2 cm³/mol. The summed E-state index contributed by atoms with van der Waals surface area (Å²) in [5.41, 5.74) is 0. The summed E-state index contributed by atoms with van der Waals surface area (Å²) < 4.78 is 5.44. The van der Waals surface area contributed by atoms with Gasteiger partial charge >= 0.3 is 0 Å². The summed E-state index contributed by atoms with van der Waals surface area (Å²) in [6.07, 6.45) is 7.61. The standard InChI is InChI=1S/C14H29NO2/c1-3-17-11-12(2)15-14(9-10-16)13-7-5-4-6-8-13/h12-16H,3-11H2,1-2H3. The minimum absolute atomic E-state index is 0.287. The molecule has 2 N–H and O–H groups in total. The number of aliphatic hydroxyl groups is 1. The number of nitrogens with one attached hydrogen (secondary N) is 1. The van der Waals surface area contributed by atoms with E-state index in [4.69, 9.17) is 4.74 Å². The molecule has 0 aromatic heterocycles. The van der Waals surface area contributed by atoms with E-state index >= 15 is 0 Å². The van der Waals surface area contributed by atoms with Gasteiger partial charge in [-0.2, -0.15) is 0 Å². The van der Waals surface area contributed by atoms with E-state index in [-0.39, 0.29) is 6.61 Å². The Morgan fingerprint density at radius 2 is 2.00 bits per heavy atom. The molecule has 17 heavy (non-hydrogen) atoms. The topological polar surface area (TPSA) is 41.5 Å². The van der Waals surface area contributed by atoms with E-state index in [0.717, 1.165) is 25.6 Å². The van der Waals surface area contributed by atoms with Gasteiger partial charge < -0.3 is 15.2 Å². The Labute approximate surface area is 106 Å². The molecule has 0 aliphatic heterocycles. The number of ether oxygens (including phenoxy) is 1. The van der Waals surface area contributed by atoms with E-state index in [2.05, 4.69) is 12.2 Å². The Morgan fingerprint density at radius 1 is 1.29 bits per heavy atom. The zero-order valence-corrected chi connectivity index (χ0v) is 11.5.